The molecular weight excluding hydrogens is 256 g/mol. The van der Waals surface area contributed by atoms with Gasteiger partial charge in [-0.25, -0.2) is 4.98 Å². The molecule has 1 rings (SSSR count). The van der Waals surface area contributed by atoms with E-state index in [2.05, 4.69) is 20.9 Å². The highest BCUT2D eigenvalue weighted by Gasteiger charge is 2.10. The normalized spacial score (nSPS) is 10.2. The number of aromatic nitrogens is 1. The van der Waals surface area contributed by atoms with Gasteiger partial charge in [0.15, 0.2) is 0 Å². The van der Waals surface area contributed by atoms with E-state index in [0.29, 0.717) is 11.4 Å². The van der Waals surface area contributed by atoms with Crippen LogP contribution in [-0.2, 0) is 4.79 Å². The van der Waals surface area contributed by atoms with E-state index in [4.69, 9.17) is 0 Å². The van der Waals surface area contributed by atoms with Gasteiger partial charge in [0.05, 0.1) is 6.54 Å². The summed E-state index contributed by atoms with van der Waals surface area (Å²) in [5.74, 6) is 0.170. The molecule has 0 radical (unpaired) electrons. The minimum absolute atomic E-state index is 0.0328. The number of amides is 2. The summed E-state index contributed by atoms with van der Waals surface area (Å²) in [7, 11) is 0. The molecule has 1 heterocycles. The molecule has 0 atom stereocenters. The van der Waals surface area contributed by atoms with Crippen molar-refractivity contribution in [1.29, 1.82) is 0 Å². The summed E-state index contributed by atoms with van der Waals surface area (Å²) in [5, 5.41) is 8.37. The molecule has 6 heteroatoms. The Morgan fingerprint density at radius 3 is 2.60 bits per heavy atom. The molecule has 0 spiro atoms. The molecule has 0 aliphatic carbocycles. The number of nitrogens with one attached hydrogen (secondary N) is 3. The Kier molecular flexibility index (Phi) is 5.96. The van der Waals surface area contributed by atoms with Crippen LogP contribution in [0.5, 0.6) is 0 Å². The predicted octanol–water partition coefficient (Wildman–Crippen LogP) is 1.08. The third kappa shape index (κ3) is 5.26. The van der Waals surface area contributed by atoms with Crippen LogP contribution in [0.15, 0.2) is 12.1 Å². The van der Waals surface area contributed by atoms with Crippen molar-refractivity contribution < 1.29 is 9.59 Å². The molecule has 0 aromatic carbocycles. The number of carbonyl (C=O) groups excluding carboxylic acids is 2. The molecule has 0 unspecified atom stereocenters. The number of pyridine rings is 1. The van der Waals surface area contributed by atoms with Crippen molar-refractivity contribution in [3.05, 3.63) is 23.4 Å². The van der Waals surface area contributed by atoms with Crippen LogP contribution in [0.25, 0.3) is 0 Å². The van der Waals surface area contributed by atoms with Crippen LogP contribution < -0.4 is 16.0 Å². The maximum Gasteiger partial charge on any atom is 0.251 e. The van der Waals surface area contributed by atoms with Crippen LogP contribution in [0.4, 0.5) is 5.82 Å². The van der Waals surface area contributed by atoms with Crippen molar-refractivity contribution >= 4 is 17.6 Å². The number of rotatable bonds is 6. The lowest BCUT2D eigenvalue weighted by Gasteiger charge is -2.10. The molecule has 0 bridgehead atoms. The predicted molar refractivity (Wildman–Crippen MR) is 78.7 cm³/mol. The Morgan fingerprint density at radius 2 is 2.00 bits per heavy atom. The van der Waals surface area contributed by atoms with Crippen LogP contribution in [0, 0.1) is 6.92 Å². The monoisotopic (exact) mass is 278 g/mol. The summed E-state index contributed by atoms with van der Waals surface area (Å²) in [6.07, 6.45) is 0. The lowest BCUT2D eigenvalue weighted by Crippen LogP contribution is -2.39. The lowest BCUT2D eigenvalue weighted by molar-refractivity contribution is -0.120. The molecule has 6 nitrogen and oxygen atoms in total. The van der Waals surface area contributed by atoms with E-state index in [1.165, 1.54) is 0 Å². The lowest BCUT2D eigenvalue weighted by atomic mass is 10.2. The van der Waals surface area contributed by atoms with Crippen LogP contribution in [0.2, 0.25) is 0 Å². The summed E-state index contributed by atoms with van der Waals surface area (Å²) in [6, 6.07) is 3.42. The van der Waals surface area contributed by atoms with E-state index < -0.39 is 0 Å². The second-order valence-corrected chi connectivity index (χ2v) is 4.82. The third-order valence-corrected chi connectivity index (χ3v) is 2.43. The fraction of sp³-hybridized carbons (Fsp3) is 0.500. The molecule has 1 aromatic rings. The zero-order valence-corrected chi connectivity index (χ0v) is 12.4. The first-order valence-corrected chi connectivity index (χ1v) is 6.72. The topological polar surface area (TPSA) is 83.1 Å². The number of carbonyl (C=O) groups is 2. The van der Waals surface area contributed by atoms with E-state index in [1.54, 1.807) is 12.1 Å². The Hall–Kier alpha value is -2.11. The van der Waals surface area contributed by atoms with Crippen molar-refractivity contribution in [3.8, 4) is 0 Å². The molecule has 0 fully saturated rings. The molecule has 0 saturated heterocycles. The molecule has 20 heavy (non-hydrogen) atoms. The highest BCUT2D eigenvalue weighted by molar-refractivity contribution is 5.97. The van der Waals surface area contributed by atoms with Gasteiger partial charge in [0.1, 0.15) is 5.82 Å². The quantitative estimate of drug-likeness (QED) is 0.727. The van der Waals surface area contributed by atoms with Crippen LogP contribution in [0.3, 0.4) is 0 Å². The zero-order valence-electron chi connectivity index (χ0n) is 12.4. The minimum Gasteiger partial charge on any atom is -0.370 e. The number of hydrogen-bond donors (Lipinski definition) is 3. The molecule has 0 aliphatic heterocycles. The number of anilines is 1. The Bertz CT molecular complexity index is 486. The van der Waals surface area contributed by atoms with Gasteiger partial charge >= 0.3 is 0 Å². The largest absolute Gasteiger partial charge is 0.370 e. The zero-order chi connectivity index (χ0) is 15.1. The van der Waals surface area contributed by atoms with Crippen molar-refractivity contribution in [2.75, 3.05) is 18.4 Å². The smallest absolute Gasteiger partial charge is 0.251 e. The fourth-order valence-electron chi connectivity index (χ4n) is 1.71. The highest BCUT2D eigenvalue weighted by atomic mass is 16.2. The Balaban J connectivity index is 2.65. The summed E-state index contributed by atoms with van der Waals surface area (Å²) in [5.41, 5.74) is 1.24. The third-order valence-electron chi connectivity index (χ3n) is 2.43. The van der Waals surface area contributed by atoms with E-state index in [0.717, 1.165) is 12.2 Å². The van der Waals surface area contributed by atoms with Crippen LogP contribution >= 0.6 is 0 Å². The van der Waals surface area contributed by atoms with Gasteiger partial charge in [0.25, 0.3) is 5.91 Å². The number of aryl methyl sites for hydroxylation is 1. The van der Waals surface area contributed by atoms with Crippen LogP contribution in [-0.4, -0.2) is 35.9 Å². The SMILES string of the molecule is CCNc1cc(C(=O)NCC(=O)NC(C)C)cc(C)n1. The van der Waals surface area contributed by atoms with Gasteiger partial charge in [-0.15, -0.1) is 0 Å². The van der Waals surface area contributed by atoms with Crippen LogP contribution in [0.1, 0.15) is 36.8 Å². The van der Waals surface area contributed by atoms with Gasteiger partial charge in [-0.2, -0.15) is 0 Å². The molecule has 1 aromatic heterocycles. The van der Waals surface area contributed by atoms with E-state index in [9.17, 15) is 9.59 Å². The number of nitrogens with zero attached hydrogens (tertiary/aromatic N) is 1. The second kappa shape index (κ2) is 7.47. The maximum absolute atomic E-state index is 12.0. The number of hydrogen-bond acceptors (Lipinski definition) is 4. The van der Waals surface area contributed by atoms with Gasteiger partial charge in [-0.05, 0) is 39.8 Å². The Labute approximate surface area is 119 Å². The summed E-state index contributed by atoms with van der Waals surface area (Å²) in [6.45, 7) is 8.22. The maximum atomic E-state index is 12.0. The van der Waals surface area contributed by atoms with Gasteiger partial charge in [-0.3, -0.25) is 9.59 Å². The first kappa shape index (κ1) is 15.9. The standard InChI is InChI=1S/C14H22N4O2/c1-5-15-12-7-11(6-10(4)18-12)14(20)16-8-13(19)17-9(2)3/h6-7,9H,5,8H2,1-4H3,(H,15,18)(H,16,20)(H,17,19). The average Bonchev–Trinajstić information content (AvgIpc) is 2.34. The van der Waals surface area contributed by atoms with Crippen molar-refractivity contribution in [2.45, 2.75) is 33.7 Å². The minimum atomic E-state index is -0.284. The van der Waals surface area contributed by atoms with Gasteiger partial charge < -0.3 is 16.0 Å². The first-order chi connectivity index (χ1) is 9.42. The fourth-order valence-corrected chi connectivity index (χ4v) is 1.71. The summed E-state index contributed by atoms with van der Waals surface area (Å²) >= 11 is 0. The van der Waals surface area contributed by atoms with Gasteiger partial charge in [-0.1, -0.05) is 0 Å². The summed E-state index contributed by atoms with van der Waals surface area (Å²) < 4.78 is 0. The van der Waals surface area contributed by atoms with E-state index in [1.807, 2.05) is 27.7 Å². The Morgan fingerprint density at radius 1 is 1.30 bits per heavy atom. The average molecular weight is 278 g/mol. The molecule has 110 valence electrons. The van der Waals surface area contributed by atoms with Crippen molar-refractivity contribution in [2.24, 2.45) is 0 Å². The second-order valence-electron chi connectivity index (χ2n) is 4.82. The van der Waals surface area contributed by atoms with Crippen molar-refractivity contribution in [1.82, 2.24) is 15.6 Å². The van der Waals surface area contributed by atoms with Crippen molar-refractivity contribution in [3.63, 3.8) is 0 Å². The molecular formula is C14H22N4O2. The highest BCUT2D eigenvalue weighted by Crippen LogP contribution is 2.09. The van der Waals surface area contributed by atoms with Gasteiger partial charge in [0.2, 0.25) is 5.91 Å². The van der Waals surface area contributed by atoms with E-state index in [-0.39, 0.29) is 24.4 Å². The molecule has 2 amide bonds. The molecule has 0 saturated carbocycles. The van der Waals surface area contributed by atoms with E-state index >= 15 is 0 Å². The summed E-state index contributed by atoms with van der Waals surface area (Å²) in [4.78, 5) is 27.7. The molecule has 3 N–H and O–H groups in total. The first-order valence-electron chi connectivity index (χ1n) is 6.72. The molecule has 0 aliphatic rings. The van der Waals surface area contributed by atoms with Gasteiger partial charge in [0, 0.05) is 23.8 Å².